The average molecular weight is 317 g/mol. The van der Waals surface area contributed by atoms with E-state index in [9.17, 15) is 5.11 Å². The molecule has 0 aliphatic heterocycles. The molecule has 6 nitrogen and oxygen atoms in total. The third-order valence-corrected chi connectivity index (χ3v) is 4.19. The number of aliphatic hydroxyl groups is 1. The van der Waals surface area contributed by atoms with Crippen molar-refractivity contribution in [3.05, 3.63) is 29.6 Å². The van der Waals surface area contributed by atoms with Crippen LogP contribution in [0.15, 0.2) is 18.2 Å². The molecular formula is C17H23N3O3. The van der Waals surface area contributed by atoms with Gasteiger partial charge in [0.15, 0.2) is 11.5 Å². The van der Waals surface area contributed by atoms with E-state index >= 15 is 0 Å². The first-order valence-corrected chi connectivity index (χ1v) is 8.23. The molecule has 0 radical (unpaired) electrons. The van der Waals surface area contributed by atoms with E-state index in [2.05, 4.69) is 10.3 Å². The highest BCUT2D eigenvalue weighted by Gasteiger charge is 2.28. The van der Waals surface area contributed by atoms with Crippen molar-refractivity contribution in [2.75, 3.05) is 13.2 Å². The number of ether oxygens (including phenoxy) is 2. The molecule has 1 fully saturated rings. The fraction of sp³-hybridized carbons (Fsp3) is 0.529. The van der Waals surface area contributed by atoms with Crippen LogP contribution < -0.4 is 9.47 Å². The van der Waals surface area contributed by atoms with Crippen LogP contribution in [-0.4, -0.2) is 33.3 Å². The Hall–Kier alpha value is -2.08. The minimum Gasteiger partial charge on any atom is -0.490 e. The normalized spacial score (nSPS) is 14.6. The molecule has 0 unspecified atom stereocenters. The minimum atomic E-state index is -0.0822. The molecule has 0 amide bonds. The Balaban J connectivity index is 2.01. The van der Waals surface area contributed by atoms with Crippen LogP contribution in [0.4, 0.5) is 0 Å². The fourth-order valence-electron chi connectivity index (χ4n) is 2.89. The first kappa shape index (κ1) is 15.8. The van der Waals surface area contributed by atoms with E-state index in [-0.39, 0.29) is 6.61 Å². The number of hydrogen-bond acceptors (Lipinski definition) is 5. The van der Waals surface area contributed by atoms with Crippen LogP contribution in [0.1, 0.15) is 50.4 Å². The topological polar surface area (TPSA) is 69.4 Å². The highest BCUT2D eigenvalue weighted by Crippen LogP contribution is 2.39. The molecule has 1 aromatic heterocycles. The first-order chi connectivity index (χ1) is 11.3. The van der Waals surface area contributed by atoms with Crippen molar-refractivity contribution in [3.63, 3.8) is 0 Å². The Bertz CT molecular complexity index is 665. The Morgan fingerprint density at radius 2 is 1.91 bits per heavy atom. The molecular weight excluding hydrogens is 294 g/mol. The van der Waals surface area contributed by atoms with Crippen LogP contribution in [0.2, 0.25) is 0 Å². The van der Waals surface area contributed by atoms with Crippen molar-refractivity contribution in [1.82, 2.24) is 15.0 Å². The van der Waals surface area contributed by atoms with Crippen molar-refractivity contribution in [2.24, 2.45) is 0 Å². The molecule has 3 rings (SSSR count). The molecule has 0 atom stereocenters. The van der Waals surface area contributed by atoms with Crippen LogP contribution >= 0.6 is 0 Å². The van der Waals surface area contributed by atoms with Gasteiger partial charge in [-0.05, 0) is 38.8 Å². The molecule has 0 saturated heterocycles. The lowest BCUT2D eigenvalue weighted by atomic mass is 9.82. The van der Waals surface area contributed by atoms with Gasteiger partial charge in [-0.2, -0.15) is 0 Å². The van der Waals surface area contributed by atoms with E-state index in [4.69, 9.17) is 9.47 Å². The van der Waals surface area contributed by atoms with E-state index in [0.717, 1.165) is 30.0 Å². The molecule has 1 heterocycles. The largest absolute Gasteiger partial charge is 0.490 e. The van der Waals surface area contributed by atoms with E-state index in [0.29, 0.717) is 30.6 Å². The fourth-order valence-corrected chi connectivity index (χ4v) is 2.89. The van der Waals surface area contributed by atoms with E-state index in [1.807, 2.05) is 36.7 Å². The zero-order valence-corrected chi connectivity index (χ0v) is 13.7. The summed E-state index contributed by atoms with van der Waals surface area (Å²) in [6.45, 7) is 4.97. The van der Waals surface area contributed by atoms with Gasteiger partial charge in [0.05, 0.1) is 31.2 Å². The maximum absolute atomic E-state index is 9.54. The lowest BCUT2D eigenvalue weighted by Crippen LogP contribution is -2.16. The van der Waals surface area contributed by atoms with E-state index < -0.39 is 0 Å². The maximum Gasteiger partial charge on any atom is 0.163 e. The summed E-state index contributed by atoms with van der Waals surface area (Å²) in [6.07, 6.45) is 3.46. The zero-order valence-electron chi connectivity index (χ0n) is 13.7. The summed E-state index contributed by atoms with van der Waals surface area (Å²) >= 11 is 0. The molecule has 1 aromatic carbocycles. The predicted molar refractivity (Wildman–Crippen MR) is 86.2 cm³/mol. The van der Waals surface area contributed by atoms with Crippen LogP contribution in [0.5, 0.6) is 11.5 Å². The Kier molecular flexibility index (Phi) is 4.81. The second-order valence-corrected chi connectivity index (χ2v) is 5.62. The van der Waals surface area contributed by atoms with E-state index in [1.54, 1.807) is 0 Å². The van der Waals surface area contributed by atoms with Gasteiger partial charge in [-0.1, -0.05) is 11.6 Å². The molecule has 1 aliphatic rings. The third-order valence-electron chi connectivity index (χ3n) is 4.19. The number of nitrogens with zero attached hydrogens (tertiary/aromatic N) is 3. The summed E-state index contributed by atoms with van der Waals surface area (Å²) in [5, 5.41) is 17.9. The molecule has 0 spiro atoms. The number of aromatic nitrogens is 3. The molecule has 23 heavy (non-hydrogen) atoms. The molecule has 0 bridgehead atoms. The quantitative estimate of drug-likeness (QED) is 0.850. The SMILES string of the molecule is CCOc1ccc(-n2nnc(CO)c2C2CCC2)cc1OCC. The number of hydrogen-bond donors (Lipinski definition) is 1. The highest BCUT2D eigenvalue weighted by molar-refractivity contribution is 5.49. The number of aliphatic hydroxyl groups excluding tert-OH is 1. The second-order valence-electron chi connectivity index (χ2n) is 5.62. The van der Waals surface area contributed by atoms with Crippen molar-refractivity contribution in [1.29, 1.82) is 0 Å². The predicted octanol–water partition coefficient (Wildman–Crippen LogP) is 2.82. The second kappa shape index (κ2) is 7.00. The van der Waals surface area contributed by atoms with Crippen molar-refractivity contribution < 1.29 is 14.6 Å². The molecule has 2 aromatic rings. The van der Waals surface area contributed by atoms with Crippen molar-refractivity contribution >= 4 is 0 Å². The zero-order chi connectivity index (χ0) is 16.2. The molecule has 124 valence electrons. The third kappa shape index (κ3) is 3.03. The van der Waals surface area contributed by atoms with Crippen LogP contribution in [0, 0.1) is 0 Å². The van der Waals surface area contributed by atoms with Gasteiger partial charge in [-0.3, -0.25) is 0 Å². The smallest absolute Gasteiger partial charge is 0.163 e. The average Bonchev–Trinajstić information content (AvgIpc) is 2.91. The first-order valence-electron chi connectivity index (χ1n) is 8.23. The lowest BCUT2D eigenvalue weighted by molar-refractivity contribution is 0.272. The van der Waals surface area contributed by atoms with Crippen molar-refractivity contribution in [3.8, 4) is 17.2 Å². The van der Waals surface area contributed by atoms with Gasteiger partial charge in [0.2, 0.25) is 0 Å². The van der Waals surface area contributed by atoms with Gasteiger partial charge in [0, 0.05) is 12.0 Å². The van der Waals surface area contributed by atoms with Gasteiger partial charge >= 0.3 is 0 Å². The molecule has 1 N–H and O–H groups in total. The molecule has 6 heteroatoms. The monoisotopic (exact) mass is 317 g/mol. The summed E-state index contributed by atoms with van der Waals surface area (Å²) in [7, 11) is 0. The Labute approximate surface area is 136 Å². The van der Waals surface area contributed by atoms with Crippen LogP contribution in [0.25, 0.3) is 5.69 Å². The summed E-state index contributed by atoms with van der Waals surface area (Å²) in [5.41, 5.74) is 2.57. The minimum absolute atomic E-state index is 0.0822. The van der Waals surface area contributed by atoms with Gasteiger partial charge in [0.1, 0.15) is 5.69 Å². The summed E-state index contributed by atoms with van der Waals surface area (Å²) in [5.74, 6) is 1.85. The van der Waals surface area contributed by atoms with Gasteiger partial charge in [-0.15, -0.1) is 5.10 Å². The van der Waals surface area contributed by atoms with E-state index in [1.165, 1.54) is 6.42 Å². The Morgan fingerprint density at radius 3 is 2.52 bits per heavy atom. The number of benzene rings is 1. The van der Waals surface area contributed by atoms with Gasteiger partial charge in [-0.25, -0.2) is 4.68 Å². The van der Waals surface area contributed by atoms with Crippen molar-refractivity contribution in [2.45, 2.75) is 45.6 Å². The summed E-state index contributed by atoms with van der Waals surface area (Å²) < 4.78 is 13.1. The molecule has 1 aliphatic carbocycles. The molecule has 1 saturated carbocycles. The Morgan fingerprint density at radius 1 is 1.17 bits per heavy atom. The standard InChI is InChI=1S/C17H23N3O3/c1-3-22-15-9-8-13(10-16(15)23-4-2)20-17(12-6-5-7-12)14(11-21)18-19-20/h8-10,12,21H,3-7,11H2,1-2H3. The van der Waals surface area contributed by atoms with Crippen LogP contribution in [-0.2, 0) is 6.61 Å². The van der Waals surface area contributed by atoms with Gasteiger partial charge in [0.25, 0.3) is 0 Å². The summed E-state index contributed by atoms with van der Waals surface area (Å²) in [4.78, 5) is 0. The highest BCUT2D eigenvalue weighted by atomic mass is 16.5. The van der Waals surface area contributed by atoms with Gasteiger partial charge < -0.3 is 14.6 Å². The number of rotatable bonds is 7. The lowest BCUT2D eigenvalue weighted by Gasteiger charge is -2.26. The van der Waals surface area contributed by atoms with Crippen LogP contribution in [0.3, 0.4) is 0 Å². The summed E-state index contributed by atoms with van der Waals surface area (Å²) in [6, 6.07) is 5.77. The maximum atomic E-state index is 9.54.